The third kappa shape index (κ3) is 4.61. The van der Waals surface area contributed by atoms with Crippen LogP contribution in [-0.4, -0.2) is 49.8 Å². The smallest absolute Gasteiger partial charge is 0.0692 e. The number of nitrogens with zero attached hydrogens (tertiary/aromatic N) is 1. The van der Waals surface area contributed by atoms with Crippen LogP contribution in [0.25, 0.3) is 0 Å². The first-order valence-corrected chi connectivity index (χ1v) is 7.12. The van der Waals surface area contributed by atoms with Crippen LogP contribution in [0.1, 0.15) is 33.6 Å². The van der Waals surface area contributed by atoms with Gasteiger partial charge in [0.2, 0.25) is 0 Å². The summed E-state index contributed by atoms with van der Waals surface area (Å²) in [5.41, 5.74) is 0.115. The lowest BCUT2D eigenvalue weighted by Gasteiger charge is -2.29. The zero-order valence-corrected chi connectivity index (χ0v) is 12.0. The molecule has 2 atom stereocenters. The highest BCUT2D eigenvalue weighted by molar-refractivity contribution is 5.15. The second kappa shape index (κ2) is 6.06. The molecule has 0 aliphatic carbocycles. The van der Waals surface area contributed by atoms with Crippen LogP contribution in [0, 0.1) is 17.3 Å². The van der Waals surface area contributed by atoms with Crippen molar-refractivity contribution in [3.63, 3.8) is 0 Å². The minimum atomic E-state index is 0.115. The zero-order chi connectivity index (χ0) is 13.0. The van der Waals surface area contributed by atoms with Crippen LogP contribution in [0.5, 0.6) is 0 Å². The van der Waals surface area contributed by atoms with Crippen LogP contribution in [0.15, 0.2) is 0 Å². The topological polar surface area (TPSA) is 24.5 Å². The molecule has 0 radical (unpaired) electrons. The van der Waals surface area contributed by atoms with E-state index in [1.807, 2.05) is 0 Å². The minimum Gasteiger partial charge on any atom is -0.379 e. The molecule has 2 rings (SSSR count). The van der Waals surface area contributed by atoms with Gasteiger partial charge < -0.3 is 4.74 Å². The van der Waals surface area contributed by atoms with E-state index >= 15 is 0 Å². The molecule has 1 unspecified atom stereocenters. The molecule has 102 valence electrons. The van der Waals surface area contributed by atoms with Crippen LogP contribution in [0.4, 0.5) is 0 Å². The molecular formula is C15H26N2O. The molecule has 2 aliphatic heterocycles. The molecule has 0 amide bonds. The van der Waals surface area contributed by atoms with Crippen molar-refractivity contribution in [3.8, 4) is 11.8 Å². The molecule has 18 heavy (non-hydrogen) atoms. The first-order chi connectivity index (χ1) is 8.53. The quantitative estimate of drug-likeness (QED) is 0.752. The van der Waals surface area contributed by atoms with Gasteiger partial charge in [-0.3, -0.25) is 10.2 Å². The monoisotopic (exact) mass is 250 g/mol. The number of hydrogen-bond acceptors (Lipinski definition) is 3. The van der Waals surface area contributed by atoms with Crippen LogP contribution < -0.4 is 5.32 Å². The van der Waals surface area contributed by atoms with Gasteiger partial charge >= 0.3 is 0 Å². The molecule has 0 aromatic carbocycles. The largest absolute Gasteiger partial charge is 0.379 e. The minimum absolute atomic E-state index is 0.115. The summed E-state index contributed by atoms with van der Waals surface area (Å²) < 4.78 is 5.38. The van der Waals surface area contributed by atoms with Crippen molar-refractivity contribution in [2.45, 2.75) is 45.7 Å². The Balaban J connectivity index is 1.75. The second-order valence-electron chi connectivity index (χ2n) is 6.43. The second-order valence-corrected chi connectivity index (χ2v) is 6.43. The molecule has 3 heteroatoms. The Morgan fingerprint density at radius 1 is 1.22 bits per heavy atom. The number of nitrogens with one attached hydrogen (secondary N) is 1. The molecule has 3 nitrogen and oxygen atoms in total. The van der Waals surface area contributed by atoms with Crippen LogP contribution in [0.3, 0.4) is 0 Å². The number of ether oxygens (including phenoxy) is 1. The summed E-state index contributed by atoms with van der Waals surface area (Å²) in [6, 6.07) is 1.01. The summed E-state index contributed by atoms with van der Waals surface area (Å²) in [6.45, 7) is 11.6. The van der Waals surface area contributed by atoms with Crippen LogP contribution in [0.2, 0.25) is 0 Å². The lowest BCUT2D eigenvalue weighted by atomic mass is 9.97. The molecule has 2 heterocycles. The summed E-state index contributed by atoms with van der Waals surface area (Å²) >= 11 is 0. The molecule has 0 spiro atoms. The van der Waals surface area contributed by atoms with E-state index in [9.17, 15) is 0 Å². The SMILES string of the molecule is CC(C)(C)C#CC1CC[C@H](CN2CCOCC2)N1. The Bertz CT molecular complexity index is 318. The molecule has 1 N–H and O–H groups in total. The fourth-order valence-electron chi connectivity index (χ4n) is 2.48. The lowest BCUT2D eigenvalue weighted by molar-refractivity contribution is 0.0343. The van der Waals surface area contributed by atoms with Crippen LogP contribution >= 0.6 is 0 Å². The highest BCUT2D eigenvalue weighted by Gasteiger charge is 2.25. The third-order valence-electron chi connectivity index (χ3n) is 3.44. The third-order valence-corrected chi connectivity index (χ3v) is 3.44. The Hall–Kier alpha value is -0.560. The maximum absolute atomic E-state index is 5.38. The molecule has 2 fully saturated rings. The van der Waals surface area contributed by atoms with Crippen molar-refractivity contribution in [2.24, 2.45) is 5.41 Å². The van der Waals surface area contributed by atoms with E-state index in [1.54, 1.807) is 0 Å². The van der Waals surface area contributed by atoms with Crippen molar-refractivity contribution in [1.82, 2.24) is 10.2 Å². The van der Waals surface area contributed by atoms with Crippen molar-refractivity contribution in [1.29, 1.82) is 0 Å². The van der Waals surface area contributed by atoms with Crippen molar-refractivity contribution in [3.05, 3.63) is 0 Å². The highest BCUT2D eigenvalue weighted by atomic mass is 16.5. The normalized spacial score (nSPS) is 29.9. The first-order valence-electron chi connectivity index (χ1n) is 7.12. The van der Waals surface area contributed by atoms with Gasteiger partial charge in [-0.1, -0.05) is 11.8 Å². The number of rotatable bonds is 2. The average molecular weight is 250 g/mol. The van der Waals surface area contributed by atoms with E-state index < -0.39 is 0 Å². The Morgan fingerprint density at radius 2 is 1.94 bits per heavy atom. The maximum Gasteiger partial charge on any atom is 0.0692 e. The van der Waals surface area contributed by atoms with E-state index in [2.05, 4.69) is 42.8 Å². The van der Waals surface area contributed by atoms with E-state index in [0.717, 1.165) is 32.8 Å². The van der Waals surface area contributed by atoms with E-state index in [1.165, 1.54) is 12.8 Å². The zero-order valence-electron chi connectivity index (χ0n) is 12.0. The van der Waals surface area contributed by atoms with Crippen molar-refractivity contribution in [2.75, 3.05) is 32.8 Å². The van der Waals surface area contributed by atoms with Gasteiger partial charge in [-0.15, -0.1) is 0 Å². The molecule has 2 aliphatic rings. The maximum atomic E-state index is 5.38. The van der Waals surface area contributed by atoms with Gasteiger partial charge in [0.05, 0.1) is 19.3 Å². The van der Waals surface area contributed by atoms with Gasteiger partial charge in [0.1, 0.15) is 0 Å². The molecule has 0 aromatic heterocycles. The summed E-state index contributed by atoms with van der Waals surface area (Å²) in [5, 5.41) is 3.65. The summed E-state index contributed by atoms with van der Waals surface area (Å²) in [5.74, 6) is 6.73. The fourth-order valence-corrected chi connectivity index (χ4v) is 2.48. The average Bonchev–Trinajstić information content (AvgIpc) is 2.75. The standard InChI is InChI=1S/C15H26N2O/c1-15(2,3)7-6-13-4-5-14(16-13)12-17-8-10-18-11-9-17/h13-14,16H,4-5,8-12H2,1-3H3/t13?,14-/m1/s1. The Kier molecular flexibility index (Phi) is 4.66. The summed E-state index contributed by atoms with van der Waals surface area (Å²) in [7, 11) is 0. The van der Waals surface area contributed by atoms with Gasteiger partial charge in [0.25, 0.3) is 0 Å². The van der Waals surface area contributed by atoms with Crippen LogP contribution in [-0.2, 0) is 4.74 Å². The van der Waals surface area contributed by atoms with Gasteiger partial charge in [0, 0.05) is 31.1 Å². The highest BCUT2D eigenvalue weighted by Crippen LogP contribution is 2.15. The summed E-state index contributed by atoms with van der Waals surface area (Å²) in [4.78, 5) is 2.50. The Labute approximate surface area is 111 Å². The predicted molar refractivity (Wildman–Crippen MR) is 74.4 cm³/mol. The van der Waals surface area contributed by atoms with Crippen molar-refractivity contribution < 1.29 is 4.74 Å². The van der Waals surface area contributed by atoms with Gasteiger partial charge in [-0.2, -0.15) is 0 Å². The van der Waals surface area contributed by atoms with E-state index in [-0.39, 0.29) is 5.41 Å². The van der Waals surface area contributed by atoms with E-state index in [0.29, 0.717) is 12.1 Å². The number of morpholine rings is 1. The van der Waals surface area contributed by atoms with Gasteiger partial charge in [-0.05, 0) is 33.6 Å². The Morgan fingerprint density at radius 3 is 2.61 bits per heavy atom. The predicted octanol–water partition coefficient (Wildman–Crippen LogP) is 1.49. The van der Waals surface area contributed by atoms with E-state index in [4.69, 9.17) is 4.74 Å². The lowest BCUT2D eigenvalue weighted by Crippen LogP contribution is -2.44. The summed E-state index contributed by atoms with van der Waals surface area (Å²) in [6.07, 6.45) is 2.44. The fraction of sp³-hybridized carbons (Fsp3) is 0.867. The molecule has 0 bridgehead atoms. The molecule has 0 aromatic rings. The molecule has 0 saturated carbocycles. The molecular weight excluding hydrogens is 224 g/mol. The molecule has 2 saturated heterocycles. The van der Waals surface area contributed by atoms with Crippen molar-refractivity contribution >= 4 is 0 Å². The van der Waals surface area contributed by atoms with Gasteiger partial charge in [0.15, 0.2) is 0 Å². The first kappa shape index (κ1) is 13.9. The number of hydrogen-bond donors (Lipinski definition) is 1. The van der Waals surface area contributed by atoms with Gasteiger partial charge in [-0.25, -0.2) is 0 Å².